The summed E-state index contributed by atoms with van der Waals surface area (Å²) in [7, 11) is 0. The number of halogens is 2. The number of hydrazine groups is 1. The second-order valence-electron chi connectivity index (χ2n) is 4.11. The quantitative estimate of drug-likeness (QED) is 0.362. The van der Waals surface area contributed by atoms with Gasteiger partial charge in [0.2, 0.25) is 0 Å². The Morgan fingerprint density at radius 3 is 2.67 bits per heavy atom. The summed E-state index contributed by atoms with van der Waals surface area (Å²) in [6, 6.07) is 9.63. The van der Waals surface area contributed by atoms with E-state index in [2.05, 4.69) is 5.43 Å². The molecule has 8 heteroatoms. The lowest BCUT2D eigenvalue weighted by molar-refractivity contribution is -0.384. The predicted octanol–water partition coefficient (Wildman–Crippen LogP) is 4.48. The molecule has 0 bridgehead atoms. The van der Waals surface area contributed by atoms with Crippen molar-refractivity contribution in [3.05, 3.63) is 62.1 Å². The number of anilines is 1. The third-order valence-corrected chi connectivity index (χ3v) is 4.51. The SMILES string of the molecule is NNc1ccc([N+](=O)[O-])cc1CSc1cc(Cl)ccc1Cl. The van der Waals surface area contributed by atoms with Gasteiger partial charge in [-0.3, -0.25) is 16.0 Å². The summed E-state index contributed by atoms with van der Waals surface area (Å²) in [5, 5.41) is 12.0. The Balaban J connectivity index is 2.24. The highest BCUT2D eigenvalue weighted by Crippen LogP contribution is 2.34. The molecule has 0 unspecified atom stereocenters. The molecule has 0 radical (unpaired) electrons. The number of benzene rings is 2. The molecule has 5 nitrogen and oxygen atoms in total. The third kappa shape index (κ3) is 4.01. The first kappa shape index (κ1) is 15.9. The molecule has 0 spiro atoms. The first-order valence-electron chi connectivity index (χ1n) is 5.83. The van der Waals surface area contributed by atoms with E-state index in [0.29, 0.717) is 27.0 Å². The van der Waals surface area contributed by atoms with Crippen molar-refractivity contribution in [1.29, 1.82) is 0 Å². The van der Waals surface area contributed by atoms with Crippen LogP contribution in [0.3, 0.4) is 0 Å². The van der Waals surface area contributed by atoms with Crippen molar-refractivity contribution in [2.45, 2.75) is 10.6 Å². The van der Waals surface area contributed by atoms with Gasteiger partial charge in [0.25, 0.3) is 5.69 Å². The van der Waals surface area contributed by atoms with Crippen LogP contribution in [0.25, 0.3) is 0 Å². The largest absolute Gasteiger partial charge is 0.324 e. The van der Waals surface area contributed by atoms with Crippen molar-refractivity contribution < 1.29 is 4.92 Å². The van der Waals surface area contributed by atoms with E-state index < -0.39 is 4.92 Å². The van der Waals surface area contributed by atoms with E-state index >= 15 is 0 Å². The van der Waals surface area contributed by atoms with Crippen molar-refractivity contribution in [2.24, 2.45) is 5.84 Å². The molecule has 21 heavy (non-hydrogen) atoms. The predicted molar refractivity (Wildman–Crippen MR) is 86.9 cm³/mol. The number of thioether (sulfide) groups is 1. The number of nitrogens with zero attached hydrogens (tertiary/aromatic N) is 1. The maximum atomic E-state index is 10.8. The second-order valence-corrected chi connectivity index (χ2v) is 5.97. The Hall–Kier alpha value is -1.47. The van der Waals surface area contributed by atoms with Crippen LogP contribution in [0.4, 0.5) is 11.4 Å². The molecular weight excluding hydrogens is 333 g/mol. The summed E-state index contributed by atoms with van der Waals surface area (Å²) in [4.78, 5) is 11.2. The van der Waals surface area contributed by atoms with Crippen LogP contribution in [-0.2, 0) is 5.75 Å². The zero-order valence-electron chi connectivity index (χ0n) is 10.7. The van der Waals surface area contributed by atoms with E-state index in [1.165, 1.54) is 23.9 Å². The van der Waals surface area contributed by atoms with Gasteiger partial charge in [0, 0.05) is 27.8 Å². The Labute approximate surface area is 135 Å². The smallest absolute Gasteiger partial charge is 0.269 e. The molecule has 0 aromatic heterocycles. The summed E-state index contributed by atoms with van der Waals surface area (Å²) >= 11 is 13.4. The molecule has 0 aliphatic rings. The minimum atomic E-state index is -0.444. The highest BCUT2D eigenvalue weighted by atomic mass is 35.5. The summed E-state index contributed by atoms with van der Waals surface area (Å²) < 4.78 is 0. The van der Waals surface area contributed by atoms with E-state index in [1.54, 1.807) is 24.3 Å². The monoisotopic (exact) mass is 343 g/mol. The van der Waals surface area contributed by atoms with Crippen LogP contribution < -0.4 is 11.3 Å². The van der Waals surface area contributed by atoms with Gasteiger partial charge in [0.1, 0.15) is 0 Å². The third-order valence-electron chi connectivity index (χ3n) is 2.73. The number of nitro benzene ring substituents is 1. The highest BCUT2D eigenvalue weighted by Gasteiger charge is 2.11. The average molecular weight is 344 g/mol. The lowest BCUT2D eigenvalue weighted by Gasteiger charge is -2.09. The normalized spacial score (nSPS) is 10.4. The minimum Gasteiger partial charge on any atom is -0.324 e. The van der Waals surface area contributed by atoms with E-state index in [9.17, 15) is 10.1 Å². The number of nitro groups is 1. The lowest BCUT2D eigenvalue weighted by Crippen LogP contribution is -2.09. The molecule has 0 atom stereocenters. The van der Waals surface area contributed by atoms with Gasteiger partial charge in [-0.05, 0) is 29.8 Å². The number of nitrogen functional groups attached to an aromatic ring is 1. The van der Waals surface area contributed by atoms with Gasteiger partial charge in [0.15, 0.2) is 0 Å². The molecule has 0 amide bonds. The van der Waals surface area contributed by atoms with Gasteiger partial charge in [0.05, 0.1) is 15.6 Å². The van der Waals surface area contributed by atoms with Crippen molar-refractivity contribution >= 4 is 46.3 Å². The lowest BCUT2D eigenvalue weighted by atomic mass is 10.2. The van der Waals surface area contributed by atoms with Gasteiger partial charge in [-0.1, -0.05) is 23.2 Å². The number of hydrogen-bond donors (Lipinski definition) is 2. The van der Waals surface area contributed by atoms with Gasteiger partial charge in [-0.2, -0.15) is 0 Å². The number of rotatable bonds is 5. The van der Waals surface area contributed by atoms with Crippen LogP contribution in [0.15, 0.2) is 41.3 Å². The van der Waals surface area contributed by atoms with Gasteiger partial charge >= 0.3 is 0 Å². The maximum Gasteiger partial charge on any atom is 0.269 e. The molecule has 3 N–H and O–H groups in total. The molecule has 2 aromatic rings. The van der Waals surface area contributed by atoms with E-state index in [-0.39, 0.29) is 5.69 Å². The molecule has 0 saturated carbocycles. The fraction of sp³-hybridized carbons (Fsp3) is 0.0769. The fourth-order valence-electron chi connectivity index (χ4n) is 1.70. The summed E-state index contributed by atoms with van der Waals surface area (Å²) in [6.45, 7) is 0. The van der Waals surface area contributed by atoms with Crippen molar-refractivity contribution in [2.75, 3.05) is 5.43 Å². The van der Waals surface area contributed by atoms with Crippen molar-refractivity contribution in [3.8, 4) is 0 Å². The number of hydrogen-bond acceptors (Lipinski definition) is 5. The molecule has 0 saturated heterocycles. The fourth-order valence-corrected chi connectivity index (χ4v) is 3.18. The Morgan fingerprint density at radius 2 is 2.00 bits per heavy atom. The Bertz CT molecular complexity index is 682. The molecule has 0 aliphatic heterocycles. The topological polar surface area (TPSA) is 81.2 Å². The van der Waals surface area contributed by atoms with E-state index in [4.69, 9.17) is 29.0 Å². The van der Waals surface area contributed by atoms with E-state index in [0.717, 1.165) is 4.90 Å². The van der Waals surface area contributed by atoms with Crippen LogP contribution in [0.5, 0.6) is 0 Å². The van der Waals surface area contributed by atoms with Crippen LogP contribution in [-0.4, -0.2) is 4.92 Å². The van der Waals surface area contributed by atoms with Crippen molar-refractivity contribution in [1.82, 2.24) is 0 Å². The average Bonchev–Trinajstić information content (AvgIpc) is 2.47. The summed E-state index contributed by atoms with van der Waals surface area (Å²) in [5.74, 6) is 5.90. The Kier molecular flexibility index (Phi) is 5.30. The first-order valence-corrected chi connectivity index (χ1v) is 7.57. The first-order chi connectivity index (χ1) is 10.0. The summed E-state index contributed by atoms with van der Waals surface area (Å²) in [6.07, 6.45) is 0. The standard InChI is InChI=1S/C13H11Cl2N3O2S/c14-9-1-3-11(15)13(6-9)21-7-8-5-10(18(19)20)2-4-12(8)17-16/h1-6,17H,7,16H2. The molecule has 0 heterocycles. The van der Waals surface area contributed by atoms with Gasteiger partial charge in [-0.15, -0.1) is 11.8 Å². The summed E-state index contributed by atoms with van der Waals surface area (Å²) in [5.41, 5.74) is 3.89. The maximum absolute atomic E-state index is 10.8. The second kappa shape index (κ2) is 7.00. The molecule has 110 valence electrons. The zero-order chi connectivity index (χ0) is 15.4. The molecule has 0 aliphatic carbocycles. The molecule has 2 aromatic carbocycles. The minimum absolute atomic E-state index is 0.0155. The molecule has 2 rings (SSSR count). The molecule has 0 fully saturated rings. The highest BCUT2D eigenvalue weighted by molar-refractivity contribution is 7.98. The van der Waals surface area contributed by atoms with Crippen molar-refractivity contribution in [3.63, 3.8) is 0 Å². The van der Waals surface area contributed by atoms with Gasteiger partial charge < -0.3 is 5.43 Å². The molecular formula is C13H11Cl2N3O2S. The van der Waals surface area contributed by atoms with E-state index in [1.807, 2.05) is 0 Å². The van der Waals surface area contributed by atoms with Crippen LogP contribution in [0.1, 0.15) is 5.56 Å². The van der Waals surface area contributed by atoms with Crippen LogP contribution in [0.2, 0.25) is 10.0 Å². The zero-order valence-corrected chi connectivity index (χ0v) is 13.0. The van der Waals surface area contributed by atoms with Crippen LogP contribution >= 0.6 is 35.0 Å². The van der Waals surface area contributed by atoms with Gasteiger partial charge in [-0.25, -0.2) is 0 Å². The van der Waals surface area contributed by atoms with Crippen LogP contribution in [0, 0.1) is 10.1 Å². The number of nitrogens with two attached hydrogens (primary N) is 1. The Morgan fingerprint density at radius 1 is 1.24 bits per heavy atom. The number of nitrogens with one attached hydrogen (secondary N) is 1. The number of non-ortho nitro benzene ring substituents is 1.